The molecule has 1 aliphatic heterocycles. The van der Waals surface area contributed by atoms with Crippen molar-refractivity contribution in [2.45, 2.75) is 33.1 Å². The van der Waals surface area contributed by atoms with Crippen LogP contribution < -0.4 is 0 Å². The molecule has 1 saturated carbocycles. The van der Waals surface area contributed by atoms with Crippen molar-refractivity contribution in [3.8, 4) is 0 Å². The first-order valence-electron chi connectivity index (χ1n) is 7.42. The van der Waals surface area contributed by atoms with Crippen LogP contribution in [0.1, 0.15) is 38.9 Å². The molecule has 1 aromatic heterocycles. The number of halogens is 2. The molecule has 1 aliphatic carbocycles. The second kappa shape index (κ2) is 4.97. The van der Waals surface area contributed by atoms with Crippen molar-refractivity contribution in [2.24, 2.45) is 23.8 Å². The van der Waals surface area contributed by atoms with Gasteiger partial charge in [0.1, 0.15) is 15.0 Å². The van der Waals surface area contributed by atoms with Gasteiger partial charge in [-0.05, 0) is 49.6 Å². The van der Waals surface area contributed by atoms with Crippen LogP contribution >= 0.6 is 31.9 Å². The van der Waals surface area contributed by atoms with E-state index in [9.17, 15) is 4.79 Å². The number of aromatic nitrogens is 2. The minimum atomic E-state index is -0.802. The molecule has 2 atom stereocenters. The maximum Gasteiger partial charge on any atom is 0.407 e. The topological polar surface area (TPSA) is 58.4 Å². The van der Waals surface area contributed by atoms with Crippen LogP contribution in [0.2, 0.25) is 0 Å². The Hall–Kier alpha value is -0.560. The molecule has 1 amide bonds. The van der Waals surface area contributed by atoms with Crippen molar-refractivity contribution in [3.05, 3.63) is 15.0 Å². The van der Waals surface area contributed by atoms with Crippen LogP contribution in [0.15, 0.2) is 9.21 Å². The Balaban J connectivity index is 1.89. The average molecular weight is 435 g/mol. The Kier molecular flexibility index (Phi) is 3.68. The lowest BCUT2D eigenvalue weighted by molar-refractivity contribution is -0.158. The van der Waals surface area contributed by atoms with E-state index in [0.717, 1.165) is 21.5 Å². The molecule has 0 bridgehead atoms. The summed E-state index contributed by atoms with van der Waals surface area (Å²) < 4.78 is 3.88. The maximum absolute atomic E-state index is 11.1. The van der Waals surface area contributed by atoms with Gasteiger partial charge < -0.3 is 14.6 Å². The summed E-state index contributed by atoms with van der Waals surface area (Å²) in [6.07, 6.45) is 0.215. The molecule has 7 heteroatoms. The number of hydrogen-bond acceptors (Lipinski definition) is 2. The van der Waals surface area contributed by atoms with E-state index in [-0.39, 0.29) is 10.8 Å². The van der Waals surface area contributed by atoms with Crippen molar-refractivity contribution < 1.29 is 9.90 Å². The van der Waals surface area contributed by atoms with Gasteiger partial charge in [0.2, 0.25) is 0 Å². The average Bonchev–Trinajstić information content (AvgIpc) is 2.51. The van der Waals surface area contributed by atoms with Crippen LogP contribution in [-0.2, 0) is 7.05 Å². The maximum atomic E-state index is 11.1. The zero-order valence-corrected chi connectivity index (χ0v) is 16.4. The van der Waals surface area contributed by atoms with E-state index < -0.39 is 6.09 Å². The SMILES string of the molecule is Cn1c(C2CC3(CN(C(=O)O)C3)C2C(C)(C)C)nc(Br)c1Br. The van der Waals surface area contributed by atoms with E-state index in [4.69, 9.17) is 5.11 Å². The van der Waals surface area contributed by atoms with Crippen LogP contribution in [-0.4, -0.2) is 38.7 Å². The molecular formula is C15H21Br2N3O2. The van der Waals surface area contributed by atoms with E-state index >= 15 is 0 Å². The molecule has 1 aromatic rings. The van der Waals surface area contributed by atoms with Gasteiger partial charge in [0.25, 0.3) is 0 Å². The second-order valence-corrected chi connectivity index (χ2v) is 9.27. The Labute approximate surface area is 147 Å². The molecule has 0 aromatic carbocycles. The van der Waals surface area contributed by atoms with Gasteiger partial charge in [-0.15, -0.1) is 0 Å². The summed E-state index contributed by atoms with van der Waals surface area (Å²) in [6.45, 7) is 8.08. The summed E-state index contributed by atoms with van der Waals surface area (Å²) in [5.41, 5.74) is 0.255. The molecule has 0 radical (unpaired) electrons. The second-order valence-electron chi connectivity index (χ2n) is 7.77. The fourth-order valence-corrected chi connectivity index (χ4v) is 5.40. The predicted molar refractivity (Wildman–Crippen MR) is 90.9 cm³/mol. The fraction of sp³-hybridized carbons (Fsp3) is 0.733. The number of likely N-dealkylation sites (tertiary alicyclic amines) is 1. The lowest BCUT2D eigenvalue weighted by Gasteiger charge is -2.66. The summed E-state index contributed by atoms with van der Waals surface area (Å²) in [5, 5.41) is 9.14. The smallest absolute Gasteiger partial charge is 0.407 e. The largest absolute Gasteiger partial charge is 0.465 e. The molecular weight excluding hydrogens is 414 g/mol. The number of imidazole rings is 1. The van der Waals surface area contributed by atoms with Crippen molar-refractivity contribution >= 4 is 38.0 Å². The van der Waals surface area contributed by atoms with Crippen molar-refractivity contribution in [3.63, 3.8) is 0 Å². The normalized spacial score (nSPS) is 26.7. The van der Waals surface area contributed by atoms with Crippen molar-refractivity contribution in [2.75, 3.05) is 13.1 Å². The minimum Gasteiger partial charge on any atom is -0.465 e. The van der Waals surface area contributed by atoms with Gasteiger partial charge in [-0.1, -0.05) is 20.8 Å². The van der Waals surface area contributed by atoms with Gasteiger partial charge in [0.05, 0.1) is 0 Å². The first-order valence-corrected chi connectivity index (χ1v) is 9.01. The van der Waals surface area contributed by atoms with E-state index in [1.54, 1.807) is 0 Å². The number of amides is 1. The van der Waals surface area contributed by atoms with Crippen molar-refractivity contribution in [1.82, 2.24) is 14.5 Å². The van der Waals surface area contributed by atoms with E-state index in [2.05, 4.69) is 62.2 Å². The Morgan fingerprint density at radius 2 is 1.95 bits per heavy atom. The highest BCUT2D eigenvalue weighted by Gasteiger charge is 2.65. The Morgan fingerprint density at radius 1 is 1.36 bits per heavy atom. The van der Waals surface area contributed by atoms with Gasteiger partial charge in [0, 0.05) is 31.5 Å². The number of carbonyl (C=O) groups is 1. The molecule has 3 rings (SSSR count). The van der Waals surface area contributed by atoms with Crippen LogP contribution in [0.25, 0.3) is 0 Å². The molecule has 2 fully saturated rings. The third-order valence-corrected chi connectivity index (χ3v) is 7.25. The number of nitrogens with zero attached hydrogens (tertiary/aromatic N) is 3. The molecule has 22 heavy (non-hydrogen) atoms. The zero-order chi connectivity index (χ0) is 16.4. The van der Waals surface area contributed by atoms with Crippen LogP contribution in [0.4, 0.5) is 4.79 Å². The molecule has 5 nitrogen and oxygen atoms in total. The number of hydrogen-bond donors (Lipinski definition) is 1. The minimum absolute atomic E-state index is 0.123. The van der Waals surface area contributed by atoms with Gasteiger partial charge in [0.15, 0.2) is 0 Å². The summed E-state index contributed by atoms with van der Waals surface area (Å²) in [4.78, 5) is 17.3. The van der Waals surface area contributed by atoms with Gasteiger partial charge >= 0.3 is 6.09 Å². The van der Waals surface area contributed by atoms with Gasteiger partial charge in [-0.3, -0.25) is 0 Å². The molecule has 2 heterocycles. The molecule has 1 spiro atoms. The van der Waals surface area contributed by atoms with Crippen LogP contribution in [0, 0.1) is 16.7 Å². The summed E-state index contributed by atoms with van der Waals surface area (Å²) in [6, 6.07) is 0. The number of rotatable bonds is 1. The highest BCUT2D eigenvalue weighted by Crippen LogP contribution is 2.66. The lowest BCUT2D eigenvalue weighted by atomic mass is 9.43. The molecule has 2 aliphatic rings. The lowest BCUT2D eigenvalue weighted by Crippen LogP contribution is -2.70. The molecule has 122 valence electrons. The Morgan fingerprint density at radius 3 is 2.36 bits per heavy atom. The first-order chi connectivity index (χ1) is 10.1. The third kappa shape index (κ3) is 2.23. The van der Waals surface area contributed by atoms with E-state index in [1.165, 1.54) is 4.90 Å². The molecule has 1 saturated heterocycles. The predicted octanol–water partition coefficient (Wildman–Crippen LogP) is 4.07. The highest BCUT2D eigenvalue weighted by atomic mass is 79.9. The number of carboxylic acid groups (broad SMARTS) is 1. The van der Waals surface area contributed by atoms with E-state index in [0.29, 0.717) is 24.9 Å². The molecule has 1 N–H and O–H groups in total. The van der Waals surface area contributed by atoms with Gasteiger partial charge in [-0.2, -0.15) is 0 Å². The fourth-order valence-electron chi connectivity index (χ4n) is 4.68. The van der Waals surface area contributed by atoms with E-state index in [1.807, 2.05) is 7.05 Å². The van der Waals surface area contributed by atoms with Gasteiger partial charge in [-0.25, -0.2) is 9.78 Å². The molecule has 2 unspecified atom stereocenters. The summed E-state index contributed by atoms with van der Waals surface area (Å²) in [7, 11) is 2.02. The van der Waals surface area contributed by atoms with Crippen molar-refractivity contribution in [1.29, 1.82) is 0 Å². The quantitative estimate of drug-likeness (QED) is 0.724. The summed E-state index contributed by atoms with van der Waals surface area (Å²) >= 11 is 7.03. The first kappa shape index (κ1) is 16.3. The zero-order valence-electron chi connectivity index (χ0n) is 13.2. The highest BCUT2D eigenvalue weighted by molar-refractivity contribution is 9.13. The summed E-state index contributed by atoms with van der Waals surface area (Å²) in [5.74, 6) is 1.90. The standard InChI is InChI=1S/C15H21Br2N3O2/c1-14(2,3)9-8(12-18-10(16)11(17)19(12)4)5-15(9)6-20(7-15)13(21)22/h8-9H,5-7H2,1-4H3,(H,21,22). The monoisotopic (exact) mass is 433 g/mol. The third-order valence-electron chi connectivity index (χ3n) is 5.26. The van der Waals surface area contributed by atoms with Crippen LogP contribution in [0.3, 0.4) is 0 Å². The van der Waals surface area contributed by atoms with Crippen LogP contribution in [0.5, 0.6) is 0 Å². The Bertz CT molecular complexity index is 629.